The third kappa shape index (κ3) is 13.1. The summed E-state index contributed by atoms with van der Waals surface area (Å²) in [5, 5.41) is 14.1. The predicted octanol–water partition coefficient (Wildman–Crippen LogP) is 5.93. The summed E-state index contributed by atoms with van der Waals surface area (Å²) < 4.78 is 55.4. The topological polar surface area (TPSA) is 235 Å². The van der Waals surface area contributed by atoms with Gasteiger partial charge in [0, 0.05) is 6.92 Å². The van der Waals surface area contributed by atoms with Crippen LogP contribution in [0.3, 0.4) is 0 Å². The molecule has 2 heterocycles. The zero-order valence-corrected chi connectivity index (χ0v) is 39.5. The zero-order chi connectivity index (χ0) is 52.0. The van der Waals surface area contributed by atoms with Crippen LogP contribution in [0.4, 0.5) is 0 Å². The number of hydrogen-bond donors (Lipinski definition) is 2. The first-order valence-electron chi connectivity index (χ1n) is 23.3. The van der Waals surface area contributed by atoms with Gasteiger partial charge in [0.05, 0.1) is 33.4 Å². The molecule has 8 rings (SSSR count). The van der Waals surface area contributed by atoms with E-state index in [4.69, 9.17) is 42.6 Å². The summed E-state index contributed by atoms with van der Waals surface area (Å²) in [6.45, 7) is -0.282. The summed E-state index contributed by atoms with van der Waals surface area (Å²) in [5.74, 6) is -6.17. The van der Waals surface area contributed by atoms with Crippen molar-refractivity contribution in [1.82, 2.24) is 5.32 Å². The molecule has 2 N–H and O–H groups in total. The lowest BCUT2D eigenvalue weighted by atomic mass is 9.95. The van der Waals surface area contributed by atoms with Gasteiger partial charge in [0.25, 0.3) is 0 Å². The molecule has 2 saturated heterocycles. The van der Waals surface area contributed by atoms with E-state index in [1.54, 1.807) is 109 Å². The molecule has 6 aromatic rings. The van der Waals surface area contributed by atoms with Crippen LogP contribution in [0.25, 0.3) is 0 Å². The first-order valence-corrected chi connectivity index (χ1v) is 23.3. The molecule has 0 aliphatic carbocycles. The Labute approximate surface area is 424 Å². The molecule has 2 aliphatic rings. The van der Waals surface area contributed by atoms with E-state index >= 15 is 0 Å². The maximum absolute atomic E-state index is 14.2. The van der Waals surface area contributed by atoms with Crippen molar-refractivity contribution >= 4 is 41.7 Å². The van der Waals surface area contributed by atoms with Gasteiger partial charge in [-0.3, -0.25) is 4.79 Å². The summed E-state index contributed by atoms with van der Waals surface area (Å²) in [5.41, 5.74) is 0.472. The monoisotopic (exact) mass is 1010 g/mol. The van der Waals surface area contributed by atoms with Gasteiger partial charge in [0.2, 0.25) is 5.91 Å². The van der Waals surface area contributed by atoms with Gasteiger partial charge in [-0.2, -0.15) is 0 Å². The van der Waals surface area contributed by atoms with E-state index in [9.17, 15) is 38.7 Å². The Bertz CT molecular complexity index is 2860. The fourth-order valence-electron chi connectivity index (χ4n) is 8.12. The third-order valence-electron chi connectivity index (χ3n) is 11.7. The summed E-state index contributed by atoms with van der Waals surface area (Å²) in [7, 11) is 0. The number of hydrogen-bond acceptors (Lipinski definition) is 17. The van der Waals surface area contributed by atoms with Crippen LogP contribution in [-0.4, -0.2) is 121 Å². The Balaban J connectivity index is 1.24. The molecular weight excluding hydrogens is 959 g/mol. The Morgan fingerprint density at radius 1 is 0.473 bits per heavy atom. The molecule has 380 valence electrons. The highest BCUT2D eigenvalue weighted by Crippen LogP contribution is 2.37. The fraction of sp³-hybridized carbons (Fsp3) is 0.232. The Morgan fingerprint density at radius 3 is 1.28 bits per heavy atom. The lowest BCUT2D eigenvalue weighted by Gasteiger charge is -2.45. The van der Waals surface area contributed by atoms with Crippen LogP contribution in [0.15, 0.2) is 182 Å². The smallest absolute Gasteiger partial charge is 0.338 e. The van der Waals surface area contributed by atoms with Crippen LogP contribution in [0.1, 0.15) is 69.1 Å². The molecule has 6 aromatic carbocycles. The van der Waals surface area contributed by atoms with E-state index in [1.807, 2.05) is 0 Å². The highest BCUT2D eigenvalue weighted by atomic mass is 16.8. The van der Waals surface area contributed by atoms with E-state index in [0.29, 0.717) is 0 Å². The Morgan fingerprint density at radius 2 is 0.851 bits per heavy atom. The van der Waals surface area contributed by atoms with Gasteiger partial charge < -0.3 is 53.1 Å². The number of aliphatic hydroxyl groups is 1. The second kappa shape index (κ2) is 24.7. The number of amides is 1. The summed E-state index contributed by atoms with van der Waals surface area (Å²) in [4.78, 5) is 96.2. The molecule has 1 amide bonds. The van der Waals surface area contributed by atoms with Gasteiger partial charge >= 0.3 is 35.8 Å². The molecule has 0 aromatic heterocycles. The van der Waals surface area contributed by atoms with E-state index in [2.05, 4.69) is 5.32 Å². The minimum absolute atomic E-state index is 0.0295. The molecular formula is C56H49NO17. The second-order valence-corrected chi connectivity index (χ2v) is 16.8. The third-order valence-corrected chi connectivity index (χ3v) is 11.7. The molecule has 0 radical (unpaired) electrons. The summed E-state index contributed by atoms with van der Waals surface area (Å²) >= 11 is 0. The lowest BCUT2D eigenvalue weighted by molar-refractivity contribution is -0.299. The maximum Gasteiger partial charge on any atom is 0.338 e. The van der Waals surface area contributed by atoms with Crippen molar-refractivity contribution in [3.05, 3.63) is 215 Å². The fourth-order valence-corrected chi connectivity index (χ4v) is 8.12. The average Bonchev–Trinajstić information content (AvgIpc) is 3.76. The molecule has 18 heteroatoms. The molecule has 2 aliphatic heterocycles. The number of rotatable bonds is 18. The van der Waals surface area contributed by atoms with E-state index in [-0.39, 0.29) is 33.4 Å². The van der Waals surface area contributed by atoms with Crippen molar-refractivity contribution < 1.29 is 81.3 Å². The first-order chi connectivity index (χ1) is 35.9. The SMILES string of the molecule is CC(=O)N[C@H]1C(O)O[C@H](COC(=O)c2ccccc2)[C@@H](O[C@@H]2O[C@@H]([C@H](COC(=O)c3ccccc3)OC(=O)c3ccccc3)[C@H](OC(=O)c3ccccc3)[C@H]2OC(=O)c2ccccc2)[C@@H]1OC(=O)c1ccccc1. The predicted molar refractivity (Wildman–Crippen MR) is 258 cm³/mol. The molecule has 0 saturated carbocycles. The van der Waals surface area contributed by atoms with E-state index in [0.717, 1.165) is 6.92 Å². The van der Waals surface area contributed by atoms with E-state index < -0.39 is 116 Å². The quantitative estimate of drug-likeness (QED) is 0.0749. The summed E-state index contributed by atoms with van der Waals surface area (Å²) in [6, 6.07) is 45.2. The van der Waals surface area contributed by atoms with Gasteiger partial charge in [0.15, 0.2) is 37.0 Å². The molecule has 10 atom stereocenters. The highest BCUT2D eigenvalue weighted by molar-refractivity contribution is 5.92. The van der Waals surface area contributed by atoms with Crippen molar-refractivity contribution in [3.63, 3.8) is 0 Å². The molecule has 0 bridgehead atoms. The zero-order valence-electron chi connectivity index (χ0n) is 39.5. The minimum Gasteiger partial charge on any atom is -0.459 e. The molecule has 18 nitrogen and oxygen atoms in total. The van der Waals surface area contributed by atoms with Crippen LogP contribution in [0.2, 0.25) is 0 Å². The standard InChI is InChI=1S/C56H49NO17/c1-34(58)57-43-46(70-52(62)38-26-14-5-15-27-38)44(41(69-55(43)65)32-66-49(59)35-20-8-2-9-21-35)73-56-48(72-54(64)40-30-18-7-19-31-40)47(71-53(63)39-28-16-6-17-29-39)45(74-56)42(68-51(61)37-24-12-4-13-25-37)33-67-50(60)36-22-10-3-11-23-36/h2-31,41-48,55-56,65H,32-33H2,1H3,(H,57,58)/t41-,42+,43-,44-,45+,46-,47+,48-,55?,56-/m1/s1. The van der Waals surface area contributed by atoms with Crippen LogP contribution >= 0.6 is 0 Å². The molecule has 2 fully saturated rings. The normalized spacial score (nSPS) is 22.4. The van der Waals surface area contributed by atoms with Gasteiger partial charge in [-0.05, 0) is 72.8 Å². The van der Waals surface area contributed by atoms with Crippen molar-refractivity contribution in [1.29, 1.82) is 0 Å². The van der Waals surface area contributed by atoms with Crippen molar-refractivity contribution in [2.75, 3.05) is 13.2 Å². The van der Waals surface area contributed by atoms with Crippen molar-refractivity contribution in [3.8, 4) is 0 Å². The van der Waals surface area contributed by atoms with Crippen LogP contribution in [0, 0.1) is 0 Å². The number of carbonyl (C=O) groups is 7. The number of ether oxygens (including phenoxy) is 9. The molecule has 0 spiro atoms. The average molecular weight is 1010 g/mol. The Kier molecular flexibility index (Phi) is 17.3. The Hall–Kier alpha value is -8.55. The minimum atomic E-state index is -1.95. The van der Waals surface area contributed by atoms with Gasteiger partial charge in [-0.1, -0.05) is 109 Å². The number of nitrogens with one attached hydrogen (secondary N) is 1. The van der Waals surface area contributed by atoms with Gasteiger partial charge in [0.1, 0.15) is 37.6 Å². The second-order valence-electron chi connectivity index (χ2n) is 16.8. The molecule has 1 unspecified atom stereocenters. The van der Waals surface area contributed by atoms with Crippen LogP contribution < -0.4 is 5.32 Å². The van der Waals surface area contributed by atoms with Crippen molar-refractivity contribution in [2.45, 2.75) is 68.3 Å². The van der Waals surface area contributed by atoms with Gasteiger partial charge in [-0.25, -0.2) is 28.8 Å². The number of carbonyl (C=O) groups excluding carboxylic acids is 7. The number of esters is 6. The largest absolute Gasteiger partial charge is 0.459 e. The highest BCUT2D eigenvalue weighted by Gasteiger charge is 2.58. The maximum atomic E-state index is 14.2. The first kappa shape index (κ1) is 51.8. The van der Waals surface area contributed by atoms with Crippen LogP contribution in [-0.2, 0) is 47.4 Å². The van der Waals surface area contributed by atoms with Gasteiger partial charge in [-0.15, -0.1) is 0 Å². The van der Waals surface area contributed by atoms with Crippen molar-refractivity contribution in [2.24, 2.45) is 0 Å². The number of aliphatic hydroxyl groups excluding tert-OH is 1. The summed E-state index contributed by atoms with van der Waals surface area (Å²) in [6.07, 6.45) is -16.0. The number of benzene rings is 6. The molecule has 74 heavy (non-hydrogen) atoms. The van der Waals surface area contributed by atoms with Crippen LogP contribution in [0.5, 0.6) is 0 Å². The van der Waals surface area contributed by atoms with E-state index in [1.165, 1.54) is 72.8 Å². The lowest BCUT2D eigenvalue weighted by Crippen LogP contribution is -2.66.